The minimum Gasteiger partial charge on any atom is -0.371 e. The molecule has 1 N–H and O–H groups in total. The molecule has 0 saturated carbocycles. The first-order valence-electron chi connectivity index (χ1n) is 9.31. The number of nitrogens with zero attached hydrogens (tertiary/aromatic N) is 1. The molecule has 132 valence electrons. The predicted molar refractivity (Wildman–Crippen MR) is 108 cm³/mol. The largest absolute Gasteiger partial charge is 0.371 e. The molecule has 3 aromatic rings. The van der Waals surface area contributed by atoms with E-state index in [1.165, 1.54) is 24.1 Å². The molecule has 0 unspecified atom stereocenters. The Kier molecular flexibility index (Phi) is 4.61. The van der Waals surface area contributed by atoms with Crippen LogP contribution in [0.5, 0.6) is 0 Å². The van der Waals surface area contributed by atoms with Gasteiger partial charge in [-0.25, -0.2) is 0 Å². The van der Waals surface area contributed by atoms with Gasteiger partial charge in [-0.2, -0.15) is 0 Å². The van der Waals surface area contributed by atoms with Gasteiger partial charge in [-0.05, 0) is 55.0 Å². The number of aromatic nitrogens is 1. The van der Waals surface area contributed by atoms with Crippen molar-refractivity contribution in [1.29, 1.82) is 0 Å². The Hall–Kier alpha value is -2.81. The highest BCUT2D eigenvalue weighted by Crippen LogP contribution is 2.31. The Balaban J connectivity index is 1.46. The van der Waals surface area contributed by atoms with Gasteiger partial charge >= 0.3 is 0 Å². The highest BCUT2D eigenvalue weighted by molar-refractivity contribution is 5.68. The van der Waals surface area contributed by atoms with Gasteiger partial charge in [0.05, 0.1) is 0 Å². The number of nitrogens with one attached hydrogen (secondary N) is 1. The van der Waals surface area contributed by atoms with Crippen molar-refractivity contribution >= 4 is 5.69 Å². The van der Waals surface area contributed by atoms with Crippen LogP contribution in [0.15, 0.2) is 71.5 Å². The number of benzene rings is 2. The van der Waals surface area contributed by atoms with Gasteiger partial charge in [0.15, 0.2) is 0 Å². The lowest BCUT2D eigenvalue weighted by atomic mass is 9.89. The predicted octanol–water partition coefficient (Wildman–Crippen LogP) is 4.73. The lowest BCUT2D eigenvalue weighted by Crippen LogP contribution is -2.32. The number of rotatable bonds is 3. The van der Waals surface area contributed by atoms with Crippen molar-refractivity contribution in [3.05, 3.63) is 88.3 Å². The number of hydrogen-bond donors (Lipinski definition) is 1. The van der Waals surface area contributed by atoms with Crippen LogP contribution in [0.2, 0.25) is 0 Å². The van der Waals surface area contributed by atoms with Crippen LogP contribution < -0.4 is 10.5 Å². The smallest absolute Gasteiger partial charge is 0.248 e. The first kappa shape index (κ1) is 16.6. The Morgan fingerprint density at radius 1 is 0.885 bits per heavy atom. The fourth-order valence-corrected chi connectivity index (χ4v) is 3.94. The van der Waals surface area contributed by atoms with Crippen molar-refractivity contribution in [3.63, 3.8) is 0 Å². The SMILES string of the molecule is Cc1[nH]c(=O)ccc1-c1ccc(N2CCC(c3ccccc3)CC2)cc1. The van der Waals surface area contributed by atoms with Crippen LogP contribution in [0.3, 0.4) is 0 Å². The molecule has 0 amide bonds. The topological polar surface area (TPSA) is 36.1 Å². The lowest BCUT2D eigenvalue weighted by molar-refractivity contribution is 0.505. The quantitative estimate of drug-likeness (QED) is 0.745. The molecule has 4 rings (SSSR count). The Bertz CT molecular complexity index is 920. The van der Waals surface area contributed by atoms with Crippen LogP contribution in [0, 0.1) is 6.92 Å². The standard InChI is InChI=1S/C23H24N2O/c1-17-22(11-12-23(26)24-17)20-7-9-21(10-8-20)25-15-13-19(14-16-25)18-5-3-2-4-6-18/h2-12,19H,13-16H2,1H3,(H,24,26). The van der Waals surface area contributed by atoms with Crippen molar-refractivity contribution in [2.24, 2.45) is 0 Å². The zero-order chi connectivity index (χ0) is 17.9. The molecule has 3 heteroatoms. The molecule has 1 aliphatic heterocycles. The zero-order valence-corrected chi connectivity index (χ0v) is 15.1. The Labute approximate surface area is 154 Å². The van der Waals surface area contributed by atoms with Crippen molar-refractivity contribution < 1.29 is 0 Å². The molecule has 1 aliphatic rings. The van der Waals surface area contributed by atoms with E-state index in [0.29, 0.717) is 5.92 Å². The van der Waals surface area contributed by atoms with Crippen LogP contribution in [0.1, 0.15) is 30.0 Å². The molecule has 2 heterocycles. The van der Waals surface area contributed by atoms with Crippen LogP contribution in [-0.4, -0.2) is 18.1 Å². The molecule has 0 spiro atoms. The van der Waals surface area contributed by atoms with E-state index in [4.69, 9.17) is 0 Å². The van der Waals surface area contributed by atoms with Gasteiger partial charge in [0.25, 0.3) is 0 Å². The number of aromatic amines is 1. The van der Waals surface area contributed by atoms with Crippen molar-refractivity contribution in [2.75, 3.05) is 18.0 Å². The second-order valence-corrected chi connectivity index (χ2v) is 7.08. The minimum atomic E-state index is -0.0517. The molecule has 0 radical (unpaired) electrons. The number of H-pyrrole nitrogens is 1. The number of aryl methyl sites for hydroxylation is 1. The Morgan fingerprint density at radius 2 is 1.58 bits per heavy atom. The van der Waals surface area contributed by atoms with Crippen LogP contribution in [0.25, 0.3) is 11.1 Å². The minimum absolute atomic E-state index is 0.0517. The van der Waals surface area contributed by atoms with Crippen molar-refractivity contribution in [2.45, 2.75) is 25.7 Å². The van der Waals surface area contributed by atoms with E-state index in [1.807, 2.05) is 13.0 Å². The maximum absolute atomic E-state index is 11.4. The third kappa shape index (κ3) is 3.43. The van der Waals surface area contributed by atoms with Gasteiger partial charge in [-0.15, -0.1) is 0 Å². The summed E-state index contributed by atoms with van der Waals surface area (Å²) >= 11 is 0. The molecular formula is C23H24N2O. The highest BCUT2D eigenvalue weighted by atomic mass is 16.1. The normalized spacial score (nSPS) is 15.2. The summed E-state index contributed by atoms with van der Waals surface area (Å²) in [5.41, 5.74) is 5.83. The Morgan fingerprint density at radius 3 is 2.23 bits per heavy atom. The second kappa shape index (κ2) is 7.20. The summed E-state index contributed by atoms with van der Waals surface area (Å²) in [6.07, 6.45) is 2.40. The molecule has 0 aliphatic carbocycles. The molecule has 0 bridgehead atoms. The number of piperidine rings is 1. The van der Waals surface area contributed by atoms with Gasteiger partial charge < -0.3 is 9.88 Å². The van der Waals surface area contributed by atoms with Gasteiger partial charge in [0, 0.05) is 36.1 Å². The number of hydrogen-bond acceptors (Lipinski definition) is 2. The van der Waals surface area contributed by atoms with Crippen LogP contribution in [0.4, 0.5) is 5.69 Å². The number of pyridine rings is 1. The molecule has 2 aromatic carbocycles. The average Bonchev–Trinajstić information content (AvgIpc) is 2.69. The third-order valence-electron chi connectivity index (χ3n) is 5.43. The van der Waals surface area contributed by atoms with Gasteiger partial charge in [-0.3, -0.25) is 4.79 Å². The summed E-state index contributed by atoms with van der Waals surface area (Å²) in [7, 11) is 0. The third-order valence-corrected chi connectivity index (χ3v) is 5.43. The van der Waals surface area contributed by atoms with Gasteiger partial charge in [0.1, 0.15) is 0 Å². The van der Waals surface area contributed by atoms with E-state index in [1.54, 1.807) is 6.07 Å². The van der Waals surface area contributed by atoms with Gasteiger partial charge in [-0.1, -0.05) is 42.5 Å². The summed E-state index contributed by atoms with van der Waals surface area (Å²) in [5.74, 6) is 0.676. The van der Waals surface area contributed by atoms with E-state index >= 15 is 0 Å². The van der Waals surface area contributed by atoms with Crippen LogP contribution >= 0.6 is 0 Å². The molecule has 0 atom stereocenters. The summed E-state index contributed by atoms with van der Waals surface area (Å²) in [4.78, 5) is 16.7. The molecule has 3 nitrogen and oxygen atoms in total. The summed E-state index contributed by atoms with van der Waals surface area (Å²) in [6, 6.07) is 23.1. The molecular weight excluding hydrogens is 320 g/mol. The lowest BCUT2D eigenvalue weighted by Gasteiger charge is -2.34. The van der Waals surface area contributed by atoms with Crippen molar-refractivity contribution in [1.82, 2.24) is 4.98 Å². The fourth-order valence-electron chi connectivity index (χ4n) is 3.94. The van der Waals surface area contributed by atoms with E-state index in [2.05, 4.69) is 64.5 Å². The average molecular weight is 344 g/mol. The summed E-state index contributed by atoms with van der Waals surface area (Å²) in [5, 5.41) is 0. The first-order valence-corrected chi connectivity index (χ1v) is 9.31. The summed E-state index contributed by atoms with van der Waals surface area (Å²) in [6.45, 7) is 4.13. The maximum atomic E-state index is 11.4. The van der Waals surface area contributed by atoms with E-state index in [-0.39, 0.29) is 5.56 Å². The van der Waals surface area contributed by atoms with E-state index in [9.17, 15) is 4.79 Å². The van der Waals surface area contributed by atoms with E-state index < -0.39 is 0 Å². The zero-order valence-electron chi connectivity index (χ0n) is 15.1. The first-order chi connectivity index (χ1) is 12.7. The highest BCUT2D eigenvalue weighted by Gasteiger charge is 2.20. The fraction of sp³-hybridized carbons (Fsp3) is 0.261. The summed E-state index contributed by atoms with van der Waals surface area (Å²) < 4.78 is 0. The van der Waals surface area contributed by atoms with Crippen molar-refractivity contribution in [3.8, 4) is 11.1 Å². The van der Waals surface area contributed by atoms with Gasteiger partial charge in [0.2, 0.25) is 5.56 Å². The molecule has 1 aromatic heterocycles. The molecule has 26 heavy (non-hydrogen) atoms. The molecule has 1 saturated heterocycles. The maximum Gasteiger partial charge on any atom is 0.248 e. The second-order valence-electron chi connectivity index (χ2n) is 7.08. The number of anilines is 1. The van der Waals surface area contributed by atoms with E-state index in [0.717, 1.165) is 29.9 Å². The molecule has 1 fully saturated rings. The van der Waals surface area contributed by atoms with Crippen LogP contribution in [-0.2, 0) is 0 Å². The monoisotopic (exact) mass is 344 g/mol.